The third-order valence-electron chi connectivity index (χ3n) is 5.68. The first kappa shape index (κ1) is 25.3. The van der Waals surface area contributed by atoms with E-state index < -0.39 is 49.6 Å². The van der Waals surface area contributed by atoms with E-state index in [0.717, 1.165) is 10.0 Å². The third-order valence-corrected chi connectivity index (χ3v) is 5.68. The van der Waals surface area contributed by atoms with Crippen molar-refractivity contribution in [2.45, 2.75) is 18.9 Å². The maximum atomic E-state index is 15.1. The number of hydrogen-bond donors (Lipinski definition) is 3. The monoisotopic (exact) mass is 482 g/mol. The SMILES string of the molecule is O=C(CO)CC[C@H]1CN(c2ccc(N3CCN(C(=O)CO)N(C(=O)CO)CC3)c(F)c2)C(=O)O1. The van der Waals surface area contributed by atoms with Crippen LogP contribution in [0.2, 0.25) is 0 Å². The van der Waals surface area contributed by atoms with E-state index in [2.05, 4.69) is 0 Å². The van der Waals surface area contributed by atoms with Gasteiger partial charge in [-0.25, -0.2) is 19.2 Å². The van der Waals surface area contributed by atoms with E-state index in [1.165, 1.54) is 17.0 Å². The fourth-order valence-electron chi connectivity index (χ4n) is 3.91. The molecule has 0 aromatic heterocycles. The smallest absolute Gasteiger partial charge is 0.414 e. The lowest BCUT2D eigenvalue weighted by molar-refractivity contribution is -0.166. The lowest BCUT2D eigenvalue weighted by Crippen LogP contribution is -2.52. The Morgan fingerprint density at radius 3 is 2.12 bits per heavy atom. The summed E-state index contributed by atoms with van der Waals surface area (Å²) in [4.78, 5) is 50.5. The van der Waals surface area contributed by atoms with Gasteiger partial charge in [-0.15, -0.1) is 0 Å². The largest absolute Gasteiger partial charge is 0.444 e. The quantitative estimate of drug-likeness (QED) is 0.418. The molecule has 0 bridgehead atoms. The van der Waals surface area contributed by atoms with Crippen molar-refractivity contribution in [1.82, 2.24) is 10.0 Å². The highest BCUT2D eigenvalue weighted by Crippen LogP contribution is 2.29. The van der Waals surface area contributed by atoms with E-state index in [1.807, 2.05) is 0 Å². The van der Waals surface area contributed by atoms with E-state index in [9.17, 15) is 29.4 Å². The summed E-state index contributed by atoms with van der Waals surface area (Å²) in [6.07, 6.45) is -0.903. The van der Waals surface area contributed by atoms with E-state index in [0.29, 0.717) is 0 Å². The molecule has 0 radical (unpaired) electrons. The van der Waals surface area contributed by atoms with Crippen LogP contribution in [0.25, 0.3) is 0 Å². The van der Waals surface area contributed by atoms with E-state index in [-0.39, 0.29) is 62.7 Å². The molecule has 12 nitrogen and oxygen atoms in total. The zero-order valence-electron chi connectivity index (χ0n) is 18.4. The van der Waals surface area contributed by atoms with Crippen molar-refractivity contribution < 1.29 is 43.6 Å². The van der Waals surface area contributed by atoms with E-state index in [1.54, 1.807) is 11.0 Å². The molecule has 186 valence electrons. The second kappa shape index (κ2) is 11.2. The summed E-state index contributed by atoms with van der Waals surface area (Å²) < 4.78 is 20.3. The zero-order chi connectivity index (χ0) is 24.8. The van der Waals surface area contributed by atoms with Gasteiger partial charge in [0.2, 0.25) is 0 Å². The molecule has 0 unspecified atom stereocenters. The number of benzene rings is 1. The molecule has 3 rings (SSSR count). The maximum absolute atomic E-state index is 15.1. The minimum Gasteiger partial charge on any atom is -0.444 e. The summed E-state index contributed by atoms with van der Waals surface area (Å²) in [6, 6.07) is 4.19. The summed E-state index contributed by atoms with van der Waals surface area (Å²) in [7, 11) is 0. The molecule has 0 saturated carbocycles. The van der Waals surface area contributed by atoms with Gasteiger partial charge in [0.1, 0.15) is 31.7 Å². The molecule has 0 aliphatic carbocycles. The van der Waals surface area contributed by atoms with Crippen molar-refractivity contribution in [2.75, 3.05) is 62.3 Å². The number of halogens is 1. The molecule has 13 heteroatoms. The van der Waals surface area contributed by atoms with Crippen LogP contribution in [0.3, 0.4) is 0 Å². The minimum absolute atomic E-state index is 0.0149. The minimum atomic E-state index is -0.820. The van der Waals surface area contributed by atoms with Crippen LogP contribution in [-0.2, 0) is 19.1 Å². The summed E-state index contributed by atoms with van der Waals surface area (Å²) in [5.41, 5.74) is 0.460. The molecule has 2 heterocycles. The summed E-state index contributed by atoms with van der Waals surface area (Å²) in [5.74, 6) is -2.43. The van der Waals surface area contributed by atoms with Crippen LogP contribution < -0.4 is 9.80 Å². The lowest BCUT2D eigenvalue weighted by Gasteiger charge is -2.31. The first-order valence-corrected chi connectivity index (χ1v) is 10.8. The highest BCUT2D eigenvalue weighted by molar-refractivity contribution is 5.90. The Morgan fingerprint density at radius 1 is 0.971 bits per heavy atom. The van der Waals surface area contributed by atoms with Crippen LogP contribution in [0, 0.1) is 5.82 Å². The number of hydrogen-bond acceptors (Lipinski definition) is 9. The van der Waals surface area contributed by atoms with E-state index >= 15 is 4.39 Å². The molecule has 2 saturated heterocycles. The maximum Gasteiger partial charge on any atom is 0.414 e. The Kier molecular flexibility index (Phi) is 8.36. The Hall–Kier alpha value is -3.29. The number of ketones is 1. The van der Waals surface area contributed by atoms with Gasteiger partial charge in [-0.3, -0.25) is 19.3 Å². The van der Waals surface area contributed by atoms with Crippen molar-refractivity contribution in [3.63, 3.8) is 0 Å². The highest BCUT2D eigenvalue weighted by Gasteiger charge is 2.34. The molecule has 2 aliphatic rings. The highest BCUT2D eigenvalue weighted by atomic mass is 19.1. The van der Waals surface area contributed by atoms with Gasteiger partial charge >= 0.3 is 6.09 Å². The number of anilines is 2. The molecule has 1 aromatic rings. The van der Waals surface area contributed by atoms with Gasteiger partial charge in [-0.2, -0.15) is 0 Å². The Balaban J connectivity index is 1.71. The number of carbonyl (C=O) groups excluding carboxylic acids is 4. The van der Waals surface area contributed by atoms with Crippen LogP contribution in [-0.4, -0.2) is 108 Å². The second-order valence-electron chi connectivity index (χ2n) is 7.82. The molecule has 1 atom stereocenters. The number of aliphatic hydroxyl groups excluding tert-OH is 3. The Bertz CT molecular complexity index is 919. The average Bonchev–Trinajstić information content (AvgIpc) is 3.07. The molecule has 3 amide bonds. The van der Waals surface area contributed by atoms with Gasteiger partial charge in [0.05, 0.1) is 31.0 Å². The van der Waals surface area contributed by atoms with Gasteiger partial charge in [0, 0.05) is 19.5 Å². The molecular formula is C21H27FN4O8. The number of aliphatic hydroxyl groups is 3. The molecule has 3 N–H and O–H groups in total. The summed E-state index contributed by atoms with van der Waals surface area (Å²) >= 11 is 0. The second-order valence-corrected chi connectivity index (χ2v) is 7.82. The number of amides is 3. The van der Waals surface area contributed by atoms with Crippen LogP contribution in [0.4, 0.5) is 20.6 Å². The Morgan fingerprint density at radius 2 is 1.59 bits per heavy atom. The van der Waals surface area contributed by atoms with E-state index in [4.69, 9.17) is 9.84 Å². The fourth-order valence-corrected chi connectivity index (χ4v) is 3.91. The normalized spacial score (nSPS) is 18.7. The number of Topliss-reactive ketones (excluding diaryl/α,β-unsaturated/α-hetero) is 1. The van der Waals surface area contributed by atoms with Gasteiger partial charge in [0.15, 0.2) is 5.78 Å². The molecule has 34 heavy (non-hydrogen) atoms. The predicted octanol–water partition coefficient (Wildman–Crippen LogP) is -1.13. The number of nitrogens with zero attached hydrogens (tertiary/aromatic N) is 4. The summed E-state index contributed by atoms with van der Waals surface area (Å²) in [6.45, 7) is -1.80. The van der Waals surface area contributed by atoms with Gasteiger partial charge < -0.3 is 25.0 Å². The average molecular weight is 482 g/mol. The molecule has 2 fully saturated rings. The van der Waals surface area contributed by atoms with Crippen molar-refractivity contribution in [2.24, 2.45) is 0 Å². The van der Waals surface area contributed by atoms with Crippen molar-refractivity contribution in [1.29, 1.82) is 0 Å². The van der Waals surface area contributed by atoms with Crippen LogP contribution >= 0.6 is 0 Å². The van der Waals surface area contributed by atoms with Crippen molar-refractivity contribution in [3.05, 3.63) is 24.0 Å². The van der Waals surface area contributed by atoms with Crippen LogP contribution in [0.15, 0.2) is 18.2 Å². The van der Waals surface area contributed by atoms with Crippen LogP contribution in [0.1, 0.15) is 12.8 Å². The first-order valence-electron chi connectivity index (χ1n) is 10.8. The first-order chi connectivity index (χ1) is 16.3. The molecule has 2 aliphatic heterocycles. The fraction of sp³-hybridized carbons (Fsp3) is 0.524. The number of carbonyl (C=O) groups is 4. The van der Waals surface area contributed by atoms with Crippen molar-refractivity contribution >= 4 is 35.1 Å². The number of ether oxygens (including phenoxy) is 1. The van der Waals surface area contributed by atoms with Crippen LogP contribution in [0.5, 0.6) is 0 Å². The zero-order valence-corrected chi connectivity index (χ0v) is 18.4. The standard InChI is InChI=1S/C21H27FN4O8/c22-17-9-14(24-10-16(34-21(24)33)3-2-15(30)11-27)1-4-18(17)23-5-7-25(19(31)12-28)26(8-6-23)20(32)13-29/h1,4,9,16,27-29H,2-3,5-8,10-13H2/t16-/m0/s1. The summed E-state index contributed by atoms with van der Waals surface area (Å²) in [5, 5.41) is 29.3. The topological polar surface area (TPSA) is 151 Å². The molecular weight excluding hydrogens is 455 g/mol. The number of cyclic esters (lactones) is 1. The third kappa shape index (κ3) is 5.61. The Labute approximate surface area is 194 Å². The van der Waals surface area contributed by atoms with Gasteiger partial charge in [-0.05, 0) is 24.6 Å². The van der Waals surface area contributed by atoms with Crippen molar-refractivity contribution in [3.8, 4) is 0 Å². The number of rotatable bonds is 8. The molecule has 1 aromatic carbocycles. The molecule has 0 spiro atoms. The lowest BCUT2D eigenvalue weighted by atomic mass is 10.1. The van der Waals surface area contributed by atoms with Gasteiger partial charge in [-0.1, -0.05) is 0 Å². The number of hydrazine groups is 1. The van der Waals surface area contributed by atoms with Gasteiger partial charge in [0.25, 0.3) is 11.8 Å². The predicted molar refractivity (Wildman–Crippen MR) is 115 cm³/mol.